The van der Waals surface area contributed by atoms with Gasteiger partial charge in [-0.1, -0.05) is 24.3 Å². The third-order valence-corrected chi connectivity index (χ3v) is 5.80. The maximum Gasteiger partial charge on any atom is 0.206 e. The second kappa shape index (κ2) is 7.05. The number of nitrogens with one attached hydrogen (secondary N) is 1. The van der Waals surface area contributed by atoms with Crippen LogP contribution in [0.4, 0.5) is 0 Å². The molecule has 0 unspecified atom stereocenters. The van der Waals surface area contributed by atoms with E-state index in [1.54, 1.807) is 22.7 Å². The Hall–Kier alpha value is -2.44. The number of benzene rings is 1. The molecule has 3 heterocycles. The maximum atomic E-state index is 4.82. The summed E-state index contributed by atoms with van der Waals surface area (Å²) in [4.78, 5) is 10.3. The minimum absolute atomic E-state index is 0.223. The van der Waals surface area contributed by atoms with Gasteiger partial charge in [0.25, 0.3) is 0 Å². The van der Waals surface area contributed by atoms with E-state index >= 15 is 0 Å². The Morgan fingerprint density at radius 2 is 1.96 bits per heavy atom. The summed E-state index contributed by atoms with van der Waals surface area (Å²) < 4.78 is 1.96. The van der Waals surface area contributed by atoms with Crippen molar-refractivity contribution < 1.29 is 0 Å². The van der Waals surface area contributed by atoms with Crippen LogP contribution in [0.3, 0.4) is 0 Å². The normalized spacial score (nSPS) is 12.8. The van der Waals surface area contributed by atoms with Gasteiger partial charge in [-0.25, -0.2) is 4.68 Å². The Bertz CT molecular complexity index is 1120. The van der Waals surface area contributed by atoms with Gasteiger partial charge in [-0.15, -0.1) is 22.7 Å². The zero-order valence-corrected chi connectivity index (χ0v) is 16.6. The third-order valence-electron chi connectivity index (χ3n) is 4.07. The SMILES string of the molecule is Cc1[nH]c2ccccc2c1C=Nn1c(-c2cccs2)csc1=NC(C)C. The molecule has 0 atom stereocenters. The van der Waals surface area contributed by atoms with Crippen molar-refractivity contribution in [3.05, 3.63) is 63.2 Å². The van der Waals surface area contributed by atoms with Crippen LogP contribution in [0.15, 0.2) is 57.3 Å². The average molecular weight is 381 g/mol. The van der Waals surface area contributed by atoms with Gasteiger partial charge in [-0.05, 0) is 38.3 Å². The minimum Gasteiger partial charge on any atom is -0.358 e. The van der Waals surface area contributed by atoms with Crippen LogP contribution in [-0.2, 0) is 0 Å². The highest BCUT2D eigenvalue weighted by Gasteiger charge is 2.10. The van der Waals surface area contributed by atoms with Crippen molar-refractivity contribution in [3.8, 4) is 10.6 Å². The van der Waals surface area contributed by atoms with Crippen LogP contribution in [0.2, 0.25) is 0 Å². The summed E-state index contributed by atoms with van der Waals surface area (Å²) in [5, 5.41) is 10.2. The van der Waals surface area contributed by atoms with Crippen LogP contribution in [0.5, 0.6) is 0 Å². The Morgan fingerprint density at radius 1 is 1.12 bits per heavy atom. The smallest absolute Gasteiger partial charge is 0.206 e. The number of aromatic nitrogens is 2. The zero-order chi connectivity index (χ0) is 18.1. The molecule has 0 spiro atoms. The molecule has 4 nitrogen and oxygen atoms in total. The van der Waals surface area contributed by atoms with Crippen molar-refractivity contribution in [1.29, 1.82) is 0 Å². The average Bonchev–Trinajstić information content (AvgIpc) is 3.31. The van der Waals surface area contributed by atoms with Crippen LogP contribution in [0.1, 0.15) is 25.1 Å². The van der Waals surface area contributed by atoms with Crippen molar-refractivity contribution in [2.24, 2.45) is 10.1 Å². The molecule has 0 radical (unpaired) electrons. The zero-order valence-electron chi connectivity index (χ0n) is 14.9. The monoisotopic (exact) mass is 380 g/mol. The predicted molar refractivity (Wildman–Crippen MR) is 112 cm³/mol. The van der Waals surface area contributed by atoms with Gasteiger partial charge in [-0.3, -0.25) is 4.99 Å². The van der Waals surface area contributed by atoms with Gasteiger partial charge in [0.2, 0.25) is 4.80 Å². The summed E-state index contributed by atoms with van der Waals surface area (Å²) >= 11 is 3.34. The second-order valence-corrected chi connectivity index (χ2v) is 8.15. The molecule has 6 heteroatoms. The lowest BCUT2D eigenvalue weighted by molar-refractivity contribution is 0.755. The van der Waals surface area contributed by atoms with Crippen molar-refractivity contribution in [2.75, 3.05) is 0 Å². The first-order chi connectivity index (χ1) is 12.6. The van der Waals surface area contributed by atoms with Crippen LogP contribution >= 0.6 is 22.7 Å². The Labute approximate surface area is 160 Å². The molecule has 0 aliphatic carbocycles. The number of fused-ring (bicyclic) bond motifs is 1. The molecule has 4 aromatic rings. The largest absolute Gasteiger partial charge is 0.358 e. The quantitative estimate of drug-likeness (QED) is 0.470. The van der Waals surface area contributed by atoms with Gasteiger partial charge in [0, 0.05) is 33.6 Å². The number of nitrogens with zero attached hydrogens (tertiary/aromatic N) is 3. The fourth-order valence-corrected chi connectivity index (χ4v) is 4.66. The summed E-state index contributed by atoms with van der Waals surface area (Å²) in [5.74, 6) is 0. The number of thiophene rings is 1. The first-order valence-electron chi connectivity index (χ1n) is 8.53. The molecule has 1 N–H and O–H groups in total. The molecule has 0 saturated heterocycles. The predicted octanol–water partition coefficient (Wildman–Crippen LogP) is 5.26. The minimum atomic E-state index is 0.223. The third kappa shape index (κ3) is 3.18. The van der Waals surface area contributed by atoms with E-state index in [-0.39, 0.29) is 6.04 Å². The topological polar surface area (TPSA) is 45.4 Å². The summed E-state index contributed by atoms with van der Waals surface area (Å²) in [7, 11) is 0. The lowest BCUT2D eigenvalue weighted by Crippen LogP contribution is -2.14. The Kier molecular flexibility index (Phi) is 4.61. The highest BCUT2D eigenvalue weighted by molar-refractivity contribution is 7.14. The van der Waals surface area contributed by atoms with Gasteiger partial charge < -0.3 is 4.98 Å². The molecule has 132 valence electrons. The fraction of sp³-hybridized carbons (Fsp3) is 0.200. The van der Waals surface area contributed by atoms with Crippen LogP contribution in [0, 0.1) is 6.92 Å². The number of H-pyrrole nitrogens is 1. The molecule has 0 amide bonds. The van der Waals surface area contributed by atoms with Crippen LogP contribution in [0.25, 0.3) is 21.5 Å². The van der Waals surface area contributed by atoms with E-state index in [9.17, 15) is 0 Å². The van der Waals surface area contributed by atoms with Gasteiger partial charge in [0.15, 0.2) is 0 Å². The molecule has 3 aromatic heterocycles. The summed E-state index contributed by atoms with van der Waals surface area (Å²) in [5.41, 5.74) is 4.45. The van der Waals surface area contributed by atoms with Gasteiger partial charge in [0.1, 0.15) is 0 Å². The van der Waals surface area contributed by atoms with E-state index < -0.39 is 0 Å². The Morgan fingerprint density at radius 3 is 2.73 bits per heavy atom. The molecular weight excluding hydrogens is 360 g/mol. The standard InChI is InChI=1S/C20H20N4S2/c1-13(2)22-20-24(18(12-26-20)19-9-6-10-25-19)21-11-16-14(3)23-17-8-5-4-7-15(16)17/h4-13,23H,1-3H3. The molecule has 0 aliphatic rings. The lowest BCUT2D eigenvalue weighted by atomic mass is 10.1. The van der Waals surface area contributed by atoms with Gasteiger partial charge in [-0.2, -0.15) is 5.10 Å². The number of aromatic amines is 1. The van der Waals surface area contributed by atoms with Crippen molar-refractivity contribution in [1.82, 2.24) is 9.66 Å². The van der Waals surface area contributed by atoms with Crippen LogP contribution in [-0.4, -0.2) is 21.9 Å². The summed E-state index contributed by atoms with van der Waals surface area (Å²) in [6.45, 7) is 6.25. The number of rotatable bonds is 4. The van der Waals surface area contributed by atoms with Gasteiger partial charge >= 0.3 is 0 Å². The maximum absolute atomic E-state index is 4.82. The Balaban J connectivity index is 1.86. The lowest BCUT2D eigenvalue weighted by Gasteiger charge is -2.02. The summed E-state index contributed by atoms with van der Waals surface area (Å²) in [6.07, 6.45) is 1.94. The van der Waals surface area contributed by atoms with Crippen molar-refractivity contribution in [2.45, 2.75) is 26.8 Å². The highest BCUT2D eigenvalue weighted by Crippen LogP contribution is 2.25. The van der Waals surface area contributed by atoms with E-state index in [2.05, 4.69) is 66.8 Å². The van der Waals surface area contributed by atoms with Gasteiger partial charge in [0.05, 0.1) is 16.8 Å². The number of hydrogen-bond acceptors (Lipinski definition) is 4. The van der Waals surface area contributed by atoms with E-state index in [0.717, 1.165) is 27.3 Å². The summed E-state index contributed by atoms with van der Waals surface area (Å²) in [6, 6.07) is 12.7. The van der Waals surface area contributed by atoms with Crippen molar-refractivity contribution >= 4 is 39.8 Å². The van der Waals surface area contributed by atoms with E-state index in [4.69, 9.17) is 10.1 Å². The molecular formula is C20H20N4S2. The molecule has 0 bridgehead atoms. The van der Waals surface area contributed by atoms with E-state index in [1.165, 1.54) is 10.3 Å². The fourth-order valence-electron chi connectivity index (χ4n) is 2.90. The number of aryl methyl sites for hydroxylation is 1. The highest BCUT2D eigenvalue weighted by atomic mass is 32.1. The number of thiazole rings is 1. The first-order valence-corrected chi connectivity index (χ1v) is 10.3. The second-order valence-electron chi connectivity index (χ2n) is 6.37. The molecule has 0 saturated carbocycles. The first kappa shape index (κ1) is 17.0. The van der Waals surface area contributed by atoms with Crippen LogP contribution < -0.4 is 4.80 Å². The van der Waals surface area contributed by atoms with E-state index in [1.807, 2.05) is 17.0 Å². The van der Waals surface area contributed by atoms with E-state index in [0.29, 0.717) is 0 Å². The molecule has 1 aromatic carbocycles. The van der Waals surface area contributed by atoms with Crippen molar-refractivity contribution in [3.63, 3.8) is 0 Å². The number of para-hydroxylation sites is 1. The number of hydrogen-bond donors (Lipinski definition) is 1. The molecule has 4 rings (SSSR count). The molecule has 0 fully saturated rings. The molecule has 26 heavy (non-hydrogen) atoms. The molecule has 0 aliphatic heterocycles.